The van der Waals surface area contributed by atoms with Crippen LogP contribution < -0.4 is 0 Å². The van der Waals surface area contributed by atoms with Crippen LogP contribution in [0, 0.1) is 0 Å². The summed E-state index contributed by atoms with van der Waals surface area (Å²) in [7, 11) is 1.91. The van der Waals surface area contributed by atoms with Crippen LogP contribution in [0.4, 0.5) is 0 Å². The number of aromatic nitrogens is 3. The maximum atomic E-state index is 6.31. The van der Waals surface area contributed by atoms with Crippen molar-refractivity contribution in [3.8, 4) is 0 Å². The van der Waals surface area contributed by atoms with Gasteiger partial charge in [0.1, 0.15) is 5.60 Å². The first kappa shape index (κ1) is 15.6. The van der Waals surface area contributed by atoms with E-state index in [0.29, 0.717) is 6.04 Å². The number of hydrogen-bond acceptors (Lipinski definition) is 5. The predicted octanol–water partition coefficient (Wildman–Crippen LogP) is 2.98. The van der Waals surface area contributed by atoms with Gasteiger partial charge in [0.2, 0.25) is 0 Å². The minimum absolute atomic E-state index is 0.135. The third-order valence-corrected chi connectivity index (χ3v) is 6.50. The number of ether oxygens (including phenoxy) is 1. The van der Waals surface area contributed by atoms with E-state index in [-0.39, 0.29) is 5.60 Å². The fraction of sp³-hybridized carbons (Fsp3) is 0.625. The van der Waals surface area contributed by atoms with Gasteiger partial charge >= 0.3 is 0 Å². The topological polar surface area (TPSA) is 43.2 Å². The minimum Gasteiger partial charge on any atom is -0.369 e. The Morgan fingerprint density at radius 2 is 2.39 bits per heavy atom. The molecule has 0 amide bonds. The van der Waals surface area contributed by atoms with E-state index >= 15 is 0 Å². The van der Waals surface area contributed by atoms with Crippen molar-refractivity contribution in [3.63, 3.8) is 0 Å². The first-order chi connectivity index (χ1) is 11.1. The molecule has 4 rings (SSSR count). The fourth-order valence-corrected chi connectivity index (χ4v) is 5.37. The Kier molecular flexibility index (Phi) is 3.96. The third-order valence-electron chi connectivity index (χ3n) is 5.01. The SMILES string of the molecule is C[C@H]1C[C@@]2(CCN1Cc1cn(C)nn1)OCCc1cc(Cl)sc12. The molecule has 4 heterocycles. The van der Waals surface area contributed by atoms with Crippen LogP contribution in [0.2, 0.25) is 4.34 Å². The molecule has 2 aliphatic rings. The van der Waals surface area contributed by atoms with Crippen molar-refractivity contribution in [1.82, 2.24) is 19.9 Å². The summed E-state index contributed by atoms with van der Waals surface area (Å²) < 4.78 is 8.96. The van der Waals surface area contributed by atoms with E-state index in [9.17, 15) is 0 Å². The second kappa shape index (κ2) is 5.84. The van der Waals surface area contributed by atoms with Gasteiger partial charge in [-0.05, 0) is 37.8 Å². The number of piperidine rings is 1. The highest BCUT2D eigenvalue weighted by molar-refractivity contribution is 7.16. The van der Waals surface area contributed by atoms with Crippen molar-refractivity contribution >= 4 is 22.9 Å². The van der Waals surface area contributed by atoms with Crippen molar-refractivity contribution in [3.05, 3.63) is 32.7 Å². The molecule has 2 aliphatic heterocycles. The Morgan fingerprint density at radius 3 is 3.13 bits per heavy atom. The molecule has 7 heteroatoms. The molecule has 1 fully saturated rings. The van der Waals surface area contributed by atoms with Crippen LogP contribution in [0.5, 0.6) is 0 Å². The first-order valence-electron chi connectivity index (χ1n) is 8.08. The maximum absolute atomic E-state index is 6.31. The molecule has 124 valence electrons. The van der Waals surface area contributed by atoms with Crippen molar-refractivity contribution in [2.75, 3.05) is 13.2 Å². The van der Waals surface area contributed by atoms with Crippen LogP contribution in [0.25, 0.3) is 0 Å². The number of thiophene rings is 1. The Balaban J connectivity index is 1.53. The molecular weight excluding hydrogens is 332 g/mol. The molecule has 0 aromatic carbocycles. The molecule has 2 atom stereocenters. The Morgan fingerprint density at radius 1 is 1.52 bits per heavy atom. The zero-order valence-corrected chi connectivity index (χ0v) is 15.0. The van der Waals surface area contributed by atoms with Gasteiger partial charge in [-0.1, -0.05) is 16.8 Å². The highest BCUT2D eigenvalue weighted by atomic mass is 35.5. The van der Waals surface area contributed by atoms with Gasteiger partial charge in [0.25, 0.3) is 0 Å². The highest BCUT2D eigenvalue weighted by Crippen LogP contribution is 2.47. The molecule has 5 nitrogen and oxygen atoms in total. The fourth-order valence-electron chi connectivity index (χ4n) is 3.89. The monoisotopic (exact) mass is 352 g/mol. The van der Waals surface area contributed by atoms with Gasteiger partial charge in [0.15, 0.2) is 0 Å². The van der Waals surface area contributed by atoms with Gasteiger partial charge in [-0.15, -0.1) is 16.4 Å². The van der Waals surface area contributed by atoms with Crippen LogP contribution in [-0.2, 0) is 30.4 Å². The normalized spacial score (nSPS) is 28.2. The number of rotatable bonds is 2. The van der Waals surface area contributed by atoms with Crippen molar-refractivity contribution < 1.29 is 4.74 Å². The lowest BCUT2D eigenvalue weighted by molar-refractivity contribution is -0.110. The molecule has 0 radical (unpaired) electrons. The molecule has 0 aliphatic carbocycles. The first-order valence-corrected chi connectivity index (χ1v) is 9.27. The summed E-state index contributed by atoms with van der Waals surface area (Å²) in [4.78, 5) is 3.84. The second-order valence-corrected chi connectivity index (χ2v) is 8.34. The summed E-state index contributed by atoms with van der Waals surface area (Å²) in [6.07, 6.45) is 5.00. The molecule has 23 heavy (non-hydrogen) atoms. The van der Waals surface area contributed by atoms with E-state index in [1.807, 2.05) is 13.2 Å². The Bertz CT molecular complexity index is 715. The zero-order chi connectivity index (χ0) is 16.0. The molecule has 0 saturated carbocycles. The number of fused-ring (bicyclic) bond motifs is 2. The summed E-state index contributed by atoms with van der Waals surface area (Å²) in [6.45, 7) is 4.94. The lowest BCUT2D eigenvalue weighted by atomic mass is 9.82. The van der Waals surface area contributed by atoms with E-state index in [2.05, 4.69) is 28.2 Å². The van der Waals surface area contributed by atoms with Gasteiger partial charge in [-0.25, -0.2) is 0 Å². The number of halogens is 1. The van der Waals surface area contributed by atoms with E-state index in [0.717, 1.165) is 49.0 Å². The van der Waals surface area contributed by atoms with Gasteiger partial charge in [-0.3, -0.25) is 9.58 Å². The average Bonchev–Trinajstić information content (AvgIpc) is 3.08. The van der Waals surface area contributed by atoms with Crippen molar-refractivity contribution in [2.45, 2.75) is 44.4 Å². The lowest BCUT2D eigenvalue weighted by Gasteiger charge is -2.46. The molecule has 0 bridgehead atoms. The summed E-state index contributed by atoms with van der Waals surface area (Å²) in [5.41, 5.74) is 2.28. The average molecular weight is 353 g/mol. The molecule has 1 spiro atoms. The van der Waals surface area contributed by atoms with Crippen LogP contribution >= 0.6 is 22.9 Å². The molecule has 0 unspecified atom stereocenters. The van der Waals surface area contributed by atoms with E-state index < -0.39 is 0 Å². The van der Waals surface area contributed by atoms with Gasteiger partial charge in [-0.2, -0.15) is 0 Å². The van der Waals surface area contributed by atoms with Gasteiger partial charge in [0, 0.05) is 37.3 Å². The second-order valence-electron chi connectivity index (χ2n) is 6.65. The highest BCUT2D eigenvalue weighted by Gasteiger charge is 2.44. The Labute approximate surface area is 145 Å². The van der Waals surface area contributed by atoms with Crippen LogP contribution in [0.1, 0.15) is 35.9 Å². The summed E-state index contributed by atoms with van der Waals surface area (Å²) in [6, 6.07) is 2.57. The molecule has 0 N–H and O–H groups in total. The third kappa shape index (κ3) is 2.82. The van der Waals surface area contributed by atoms with E-state index in [4.69, 9.17) is 16.3 Å². The van der Waals surface area contributed by atoms with Crippen LogP contribution in [0.3, 0.4) is 0 Å². The summed E-state index contributed by atoms with van der Waals surface area (Å²) in [5.74, 6) is 0. The quantitative estimate of drug-likeness (QED) is 0.833. The van der Waals surface area contributed by atoms with Crippen LogP contribution in [-0.4, -0.2) is 39.1 Å². The summed E-state index contributed by atoms with van der Waals surface area (Å²) >= 11 is 7.97. The molecule has 1 saturated heterocycles. The smallest absolute Gasteiger partial charge is 0.105 e. The van der Waals surface area contributed by atoms with E-state index in [1.54, 1.807) is 16.0 Å². The van der Waals surface area contributed by atoms with Crippen molar-refractivity contribution in [1.29, 1.82) is 0 Å². The maximum Gasteiger partial charge on any atom is 0.105 e. The largest absolute Gasteiger partial charge is 0.369 e. The number of nitrogens with zero attached hydrogens (tertiary/aromatic N) is 4. The lowest BCUT2D eigenvalue weighted by Crippen LogP contribution is -2.49. The molecular formula is C16H21ClN4OS. The van der Waals surface area contributed by atoms with Crippen LogP contribution in [0.15, 0.2) is 12.3 Å². The number of hydrogen-bond donors (Lipinski definition) is 0. The van der Waals surface area contributed by atoms with Gasteiger partial charge in [0.05, 0.1) is 16.6 Å². The number of aryl methyl sites for hydroxylation is 1. The standard InChI is InChI=1S/C16H21ClN4OS/c1-11-8-16(15-12(3-6-22-16)7-14(17)23-15)4-5-21(11)10-13-9-20(2)19-18-13/h7,9,11H,3-6,8,10H2,1-2H3/t11-,16+/m0/s1. The molecule has 2 aromatic heterocycles. The van der Waals surface area contributed by atoms with Crippen molar-refractivity contribution in [2.24, 2.45) is 7.05 Å². The summed E-state index contributed by atoms with van der Waals surface area (Å²) in [5, 5.41) is 8.24. The zero-order valence-electron chi connectivity index (χ0n) is 13.5. The predicted molar refractivity (Wildman–Crippen MR) is 90.8 cm³/mol. The Hall–Kier alpha value is -0.950. The number of likely N-dealkylation sites (tertiary alicyclic amines) is 1. The van der Waals surface area contributed by atoms with Gasteiger partial charge < -0.3 is 4.74 Å². The molecule has 2 aromatic rings. The van der Waals surface area contributed by atoms with E-state index in [1.165, 1.54) is 10.4 Å². The minimum atomic E-state index is -0.135.